The van der Waals surface area contributed by atoms with Crippen molar-refractivity contribution in [2.75, 3.05) is 18.6 Å². The molecule has 27 heavy (non-hydrogen) atoms. The molecule has 1 amide bonds. The van der Waals surface area contributed by atoms with Gasteiger partial charge in [0, 0.05) is 12.1 Å². The van der Waals surface area contributed by atoms with E-state index in [-0.39, 0.29) is 35.0 Å². The number of thioether (sulfide) groups is 1. The third kappa shape index (κ3) is 5.53. The molecule has 0 unspecified atom stereocenters. The minimum atomic E-state index is -1.11. The van der Waals surface area contributed by atoms with Gasteiger partial charge in [0.05, 0.1) is 6.42 Å². The molecule has 3 N–H and O–H groups in total. The van der Waals surface area contributed by atoms with Gasteiger partial charge in [0.15, 0.2) is 12.4 Å². The molecule has 0 fully saturated rings. The van der Waals surface area contributed by atoms with Crippen molar-refractivity contribution >= 4 is 29.4 Å². The average Bonchev–Trinajstić information content (AvgIpc) is 2.54. The normalized spacial score (nSPS) is 16.0. The lowest BCUT2D eigenvalue weighted by Crippen LogP contribution is -2.43. The highest BCUT2D eigenvalue weighted by atomic mass is 32.2. The van der Waals surface area contributed by atoms with E-state index in [1.54, 1.807) is 13.8 Å². The second-order valence-electron chi connectivity index (χ2n) is 6.81. The number of fused-ring (bicyclic) bond motifs is 1. The van der Waals surface area contributed by atoms with Gasteiger partial charge in [-0.1, -0.05) is 0 Å². The highest BCUT2D eigenvalue weighted by Gasteiger charge is 2.35. The molecule has 0 saturated heterocycles. The summed E-state index contributed by atoms with van der Waals surface area (Å²) in [6, 6.07) is 1.67. The molecule has 1 aliphatic heterocycles. The largest absolute Gasteiger partial charge is 0.507 e. The number of aromatic hydroxyl groups is 1. The molecule has 0 saturated carbocycles. The van der Waals surface area contributed by atoms with E-state index in [0.29, 0.717) is 12.2 Å². The van der Waals surface area contributed by atoms with Crippen molar-refractivity contribution in [2.24, 2.45) is 0 Å². The number of carboxylic acids is 1. The molecule has 148 valence electrons. The number of carbonyl (C=O) groups is 3. The zero-order valence-corrected chi connectivity index (χ0v) is 16.2. The second-order valence-corrected chi connectivity index (χ2v) is 7.79. The smallest absolute Gasteiger partial charge is 0.326 e. The van der Waals surface area contributed by atoms with Gasteiger partial charge in [-0.05, 0) is 32.3 Å². The van der Waals surface area contributed by atoms with Crippen LogP contribution in [0.1, 0.15) is 37.0 Å². The van der Waals surface area contributed by atoms with E-state index in [1.807, 2.05) is 6.26 Å². The quantitative estimate of drug-likeness (QED) is 0.607. The molecule has 1 aliphatic rings. The Morgan fingerprint density at radius 2 is 2.11 bits per heavy atom. The number of rotatable bonds is 8. The Morgan fingerprint density at radius 3 is 2.74 bits per heavy atom. The third-order valence-electron chi connectivity index (χ3n) is 3.92. The van der Waals surface area contributed by atoms with E-state index in [9.17, 15) is 19.5 Å². The number of phenols is 1. The van der Waals surface area contributed by atoms with E-state index in [4.69, 9.17) is 14.6 Å². The monoisotopic (exact) mass is 397 g/mol. The number of Topliss-reactive ketones (excluding diaryl/α,β-unsaturated/α-hetero) is 1. The van der Waals surface area contributed by atoms with E-state index in [1.165, 1.54) is 23.9 Å². The summed E-state index contributed by atoms with van der Waals surface area (Å²) in [4.78, 5) is 35.3. The van der Waals surface area contributed by atoms with Crippen molar-refractivity contribution in [1.29, 1.82) is 0 Å². The van der Waals surface area contributed by atoms with Gasteiger partial charge < -0.3 is 25.0 Å². The molecule has 8 nitrogen and oxygen atoms in total. The minimum absolute atomic E-state index is 0.0918. The van der Waals surface area contributed by atoms with Gasteiger partial charge >= 0.3 is 5.97 Å². The number of hydrogen-bond donors (Lipinski definition) is 3. The molecule has 0 radical (unpaired) electrons. The number of carbonyl (C=O) groups excluding carboxylic acids is 2. The van der Waals surface area contributed by atoms with Gasteiger partial charge in [-0.2, -0.15) is 11.8 Å². The molecule has 0 aliphatic carbocycles. The second kappa shape index (κ2) is 8.51. The van der Waals surface area contributed by atoms with Crippen LogP contribution in [0, 0.1) is 0 Å². The minimum Gasteiger partial charge on any atom is -0.507 e. The Morgan fingerprint density at radius 1 is 1.41 bits per heavy atom. The Bertz CT molecular complexity index is 747. The van der Waals surface area contributed by atoms with Crippen LogP contribution in [-0.4, -0.2) is 58.1 Å². The molecule has 0 bridgehead atoms. The molecule has 1 aromatic carbocycles. The first kappa shape index (κ1) is 20.9. The summed E-state index contributed by atoms with van der Waals surface area (Å²) in [7, 11) is 0. The van der Waals surface area contributed by atoms with E-state index in [2.05, 4.69) is 5.32 Å². The number of aliphatic carboxylic acids is 1. The van der Waals surface area contributed by atoms with Crippen molar-refractivity contribution < 1.29 is 34.1 Å². The summed E-state index contributed by atoms with van der Waals surface area (Å²) in [5.74, 6) is -1.31. The first-order chi connectivity index (χ1) is 12.6. The van der Waals surface area contributed by atoms with E-state index in [0.717, 1.165) is 0 Å². The van der Waals surface area contributed by atoms with Crippen molar-refractivity contribution in [1.82, 2.24) is 5.32 Å². The molecule has 0 aromatic heterocycles. The predicted octanol–water partition coefficient (Wildman–Crippen LogP) is 1.84. The van der Waals surface area contributed by atoms with Crippen LogP contribution < -0.4 is 14.8 Å². The molecule has 2 rings (SSSR count). The number of benzene rings is 1. The fourth-order valence-electron chi connectivity index (χ4n) is 2.71. The van der Waals surface area contributed by atoms with Crippen LogP contribution in [0.2, 0.25) is 0 Å². The average molecular weight is 397 g/mol. The van der Waals surface area contributed by atoms with Crippen molar-refractivity contribution in [3.05, 3.63) is 17.7 Å². The summed E-state index contributed by atoms with van der Waals surface area (Å²) in [5.41, 5.74) is -0.618. The van der Waals surface area contributed by atoms with Gasteiger partial charge in [0.1, 0.15) is 34.5 Å². The van der Waals surface area contributed by atoms with Crippen LogP contribution in [0.5, 0.6) is 17.2 Å². The summed E-state index contributed by atoms with van der Waals surface area (Å²) in [6.45, 7) is 3.08. The molecule has 9 heteroatoms. The van der Waals surface area contributed by atoms with Crippen LogP contribution in [0.25, 0.3) is 0 Å². The molecular formula is C18H23NO7S. The number of amides is 1. The summed E-state index contributed by atoms with van der Waals surface area (Å²) < 4.78 is 11.1. The zero-order chi connectivity index (χ0) is 20.2. The highest BCUT2D eigenvalue weighted by Crippen LogP contribution is 2.40. The number of nitrogens with one attached hydrogen (secondary N) is 1. The maximum Gasteiger partial charge on any atom is 0.326 e. The standard InChI is InChI=1S/C18H23NO7S/c1-18(2)8-13(21)16-12(20)6-10(7-14(16)26-18)25-9-15(22)19-11(17(23)24)4-5-27-3/h6-7,11,20H,4-5,8-9H2,1-3H3,(H,19,22)(H,23,24)/t11-/m0/s1. The van der Waals surface area contributed by atoms with Gasteiger partial charge in [0.25, 0.3) is 5.91 Å². The molecule has 1 aromatic rings. The van der Waals surface area contributed by atoms with E-state index >= 15 is 0 Å². The van der Waals surface area contributed by atoms with Crippen molar-refractivity contribution in [3.8, 4) is 17.2 Å². The fourth-order valence-corrected chi connectivity index (χ4v) is 3.18. The SMILES string of the molecule is CSCC[C@H](NC(=O)COc1cc(O)c2c(c1)OC(C)(C)CC2=O)C(=O)O. The molecule has 0 spiro atoms. The lowest BCUT2D eigenvalue weighted by Gasteiger charge is -2.32. The highest BCUT2D eigenvalue weighted by molar-refractivity contribution is 7.98. The van der Waals surface area contributed by atoms with Gasteiger partial charge in [0.2, 0.25) is 0 Å². The third-order valence-corrected chi connectivity index (χ3v) is 4.56. The van der Waals surface area contributed by atoms with E-state index < -0.39 is 30.1 Å². The van der Waals surface area contributed by atoms with Gasteiger partial charge in [-0.3, -0.25) is 9.59 Å². The number of phenolic OH excluding ortho intramolecular Hbond substituents is 1. The van der Waals surface area contributed by atoms with Crippen LogP contribution in [0.15, 0.2) is 12.1 Å². The Kier molecular flexibility index (Phi) is 6.59. The Balaban J connectivity index is 2.04. The summed E-state index contributed by atoms with van der Waals surface area (Å²) >= 11 is 1.48. The topological polar surface area (TPSA) is 122 Å². The summed E-state index contributed by atoms with van der Waals surface area (Å²) in [6.07, 6.45) is 2.29. The lowest BCUT2D eigenvalue weighted by atomic mass is 9.92. The Labute approximate surface area is 161 Å². The lowest BCUT2D eigenvalue weighted by molar-refractivity contribution is -0.142. The number of ketones is 1. The number of hydrogen-bond acceptors (Lipinski definition) is 7. The predicted molar refractivity (Wildman–Crippen MR) is 99.8 cm³/mol. The zero-order valence-electron chi connectivity index (χ0n) is 15.4. The van der Waals surface area contributed by atoms with Gasteiger partial charge in [-0.15, -0.1) is 0 Å². The molecule has 1 atom stereocenters. The maximum atomic E-state index is 12.2. The fraction of sp³-hybridized carbons (Fsp3) is 0.500. The summed E-state index contributed by atoms with van der Waals surface area (Å²) in [5, 5.41) is 21.6. The van der Waals surface area contributed by atoms with Crippen LogP contribution >= 0.6 is 11.8 Å². The van der Waals surface area contributed by atoms with Crippen LogP contribution in [0.3, 0.4) is 0 Å². The van der Waals surface area contributed by atoms with Crippen LogP contribution in [-0.2, 0) is 9.59 Å². The van der Waals surface area contributed by atoms with Crippen LogP contribution in [0.4, 0.5) is 0 Å². The molecular weight excluding hydrogens is 374 g/mol. The first-order valence-electron chi connectivity index (χ1n) is 8.36. The first-order valence-corrected chi connectivity index (χ1v) is 9.75. The Hall–Kier alpha value is -2.42. The maximum absolute atomic E-state index is 12.2. The van der Waals surface area contributed by atoms with Gasteiger partial charge in [-0.25, -0.2) is 4.79 Å². The molecule has 1 heterocycles. The van der Waals surface area contributed by atoms with Crippen molar-refractivity contribution in [2.45, 2.75) is 38.3 Å². The number of carboxylic acid groups (broad SMARTS) is 1. The van der Waals surface area contributed by atoms with Crippen molar-refractivity contribution in [3.63, 3.8) is 0 Å². The number of ether oxygens (including phenoxy) is 2.